The fourth-order valence-electron chi connectivity index (χ4n) is 2.99. The maximum atomic E-state index is 12.4. The highest BCUT2D eigenvalue weighted by molar-refractivity contribution is 5.75. The molecule has 1 N–H and O–H groups in total. The number of aryl methyl sites for hydroxylation is 1. The van der Waals surface area contributed by atoms with Gasteiger partial charge in [-0.1, -0.05) is 12.1 Å². The minimum atomic E-state index is -4.12. The predicted molar refractivity (Wildman–Crippen MR) is 78.5 cm³/mol. The van der Waals surface area contributed by atoms with Crippen LogP contribution in [0.3, 0.4) is 0 Å². The maximum absolute atomic E-state index is 12.4. The Bertz CT molecular complexity index is 650. The van der Waals surface area contributed by atoms with E-state index in [4.69, 9.17) is 0 Å². The molecule has 0 bridgehead atoms. The number of aromatic nitrogens is 2. The molecule has 3 rings (SSSR count). The number of likely N-dealkylation sites (tertiary alicyclic amines) is 1. The molecule has 1 aromatic heterocycles. The molecule has 0 saturated carbocycles. The van der Waals surface area contributed by atoms with Crippen molar-refractivity contribution in [3.05, 3.63) is 30.1 Å². The minimum Gasteiger partial charge on any atom is -0.330 e. The van der Waals surface area contributed by atoms with Crippen LogP contribution < -0.4 is 5.32 Å². The van der Waals surface area contributed by atoms with Crippen molar-refractivity contribution < 1.29 is 13.2 Å². The molecule has 0 amide bonds. The second kappa shape index (κ2) is 5.89. The minimum absolute atomic E-state index is 0.0853. The third-order valence-electron chi connectivity index (χ3n) is 4.10. The lowest BCUT2D eigenvalue weighted by molar-refractivity contribution is -0.143. The van der Waals surface area contributed by atoms with Gasteiger partial charge in [0, 0.05) is 26.2 Å². The molecular weight excluding hydrogens is 293 g/mol. The van der Waals surface area contributed by atoms with Gasteiger partial charge < -0.3 is 9.88 Å². The molecule has 0 spiro atoms. The van der Waals surface area contributed by atoms with Crippen LogP contribution in [-0.2, 0) is 13.6 Å². The van der Waals surface area contributed by atoms with Crippen LogP contribution in [0.25, 0.3) is 11.0 Å². The zero-order chi connectivity index (χ0) is 15.7. The number of hydrogen-bond acceptors (Lipinski definition) is 3. The van der Waals surface area contributed by atoms with Crippen molar-refractivity contribution in [3.8, 4) is 0 Å². The van der Waals surface area contributed by atoms with Crippen LogP contribution in [0.4, 0.5) is 13.2 Å². The van der Waals surface area contributed by atoms with Crippen molar-refractivity contribution in [2.24, 2.45) is 7.05 Å². The first-order valence-corrected chi connectivity index (χ1v) is 7.35. The summed E-state index contributed by atoms with van der Waals surface area (Å²) in [5, 5.41) is 3.32. The molecule has 1 saturated heterocycles. The summed E-state index contributed by atoms with van der Waals surface area (Å²) in [5.41, 5.74) is 2.00. The third kappa shape index (κ3) is 3.41. The fraction of sp³-hybridized carbons (Fsp3) is 0.533. The standard InChI is InChI=1S/C15H19F3N4/c1-21-13-5-3-2-4-12(13)20-14(21)8-19-11-6-7-22(9-11)10-15(16,17)18/h2-5,11,19H,6-10H2,1H3. The average Bonchev–Trinajstić information content (AvgIpc) is 3.00. The Kier molecular flexibility index (Phi) is 4.10. The van der Waals surface area contributed by atoms with Gasteiger partial charge in [-0.3, -0.25) is 4.90 Å². The molecule has 7 heteroatoms. The molecule has 1 fully saturated rings. The first kappa shape index (κ1) is 15.3. The quantitative estimate of drug-likeness (QED) is 0.940. The highest BCUT2D eigenvalue weighted by Gasteiger charge is 2.34. The molecule has 2 aromatic rings. The Morgan fingerprint density at radius 3 is 2.82 bits per heavy atom. The SMILES string of the molecule is Cn1c(CNC2CCN(CC(F)(F)F)C2)nc2ccccc21. The monoisotopic (exact) mass is 312 g/mol. The first-order chi connectivity index (χ1) is 10.4. The van der Waals surface area contributed by atoms with Crippen LogP contribution in [-0.4, -0.2) is 46.3 Å². The summed E-state index contributed by atoms with van der Waals surface area (Å²) in [7, 11) is 1.96. The summed E-state index contributed by atoms with van der Waals surface area (Å²) in [6.45, 7) is 0.663. The molecule has 22 heavy (non-hydrogen) atoms. The van der Waals surface area contributed by atoms with E-state index in [-0.39, 0.29) is 6.04 Å². The summed E-state index contributed by atoms with van der Waals surface area (Å²) in [5.74, 6) is 0.899. The molecule has 0 aliphatic carbocycles. The van der Waals surface area contributed by atoms with Gasteiger partial charge in [0.05, 0.1) is 24.1 Å². The van der Waals surface area contributed by atoms with Crippen molar-refractivity contribution in [1.29, 1.82) is 0 Å². The van der Waals surface area contributed by atoms with E-state index < -0.39 is 12.7 Å². The van der Waals surface area contributed by atoms with Crippen LogP contribution in [0.2, 0.25) is 0 Å². The summed E-state index contributed by atoms with van der Waals surface area (Å²) >= 11 is 0. The Morgan fingerprint density at radius 1 is 1.32 bits per heavy atom. The van der Waals surface area contributed by atoms with Crippen LogP contribution >= 0.6 is 0 Å². The molecule has 4 nitrogen and oxygen atoms in total. The Labute approximate surface area is 126 Å². The van der Waals surface area contributed by atoms with Crippen LogP contribution in [0.15, 0.2) is 24.3 Å². The lowest BCUT2D eigenvalue weighted by Crippen LogP contribution is -2.36. The van der Waals surface area contributed by atoms with Crippen molar-refractivity contribution in [1.82, 2.24) is 19.8 Å². The number of nitrogens with one attached hydrogen (secondary N) is 1. The van der Waals surface area contributed by atoms with Gasteiger partial charge in [-0.25, -0.2) is 4.98 Å². The number of imidazole rings is 1. The normalized spacial score (nSPS) is 20.1. The van der Waals surface area contributed by atoms with Crippen molar-refractivity contribution in [3.63, 3.8) is 0 Å². The maximum Gasteiger partial charge on any atom is 0.401 e. The molecule has 2 heterocycles. The van der Waals surface area contributed by atoms with Crippen molar-refractivity contribution in [2.45, 2.75) is 25.2 Å². The largest absolute Gasteiger partial charge is 0.401 e. The highest BCUT2D eigenvalue weighted by Crippen LogP contribution is 2.20. The van der Waals surface area contributed by atoms with Crippen molar-refractivity contribution in [2.75, 3.05) is 19.6 Å². The number of fused-ring (bicyclic) bond motifs is 1. The Hall–Kier alpha value is -1.60. The van der Waals surface area contributed by atoms with Crippen molar-refractivity contribution >= 4 is 11.0 Å². The number of hydrogen-bond donors (Lipinski definition) is 1. The van der Waals surface area contributed by atoms with E-state index in [0.29, 0.717) is 19.6 Å². The summed E-state index contributed by atoms with van der Waals surface area (Å²) < 4.78 is 39.2. The van der Waals surface area contributed by atoms with E-state index in [1.807, 2.05) is 35.9 Å². The number of nitrogens with zero attached hydrogens (tertiary/aromatic N) is 3. The van der Waals surface area contributed by atoms with E-state index in [0.717, 1.165) is 23.3 Å². The van der Waals surface area contributed by atoms with Gasteiger partial charge in [0.1, 0.15) is 5.82 Å². The molecule has 1 aliphatic heterocycles. The van der Waals surface area contributed by atoms with Gasteiger partial charge >= 0.3 is 6.18 Å². The smallest absolute Gasteiger partial charge is 0.330 e. The molecular formula is C15H19F3N4. The van der Waals surface area contributed by atoms with Gasteiger partial charge in [0.25, 0.3) is 0 Å². The van der Waals surface area contributed by atoms with Crippen LogP contribution in [0, 0.1) is 0 Å². The Morgan fingerprint density at radius 2 is 2.09 bits per heavy atom. The second-order valence-corrected chi connectivity index (χ2v) is 5.79. The average molecular weight is 312 g/mol. The zero-order valence-electron chi connectivity index (χ0n) is 12.4. The topological polar surface area (TPSA) is 33.1 Å². The van der Waals surface area contributed by atoms with Crippen LogP contribution in [0.1, 0.15) is 12.2 Å². The van der Waals surface area contributed by atoms with E-state index in [1.54, 1.807) is 0 Å². The van der Waals surface area contributed by atoms with Gasteiger partial charge in [-0.2, -0.15) is 13.2 Å². The van der Waals surface area contributed by atoms with Crippen LogP contribution in [0.5, 0.6) is 0 Å². The number of halogens is 3. The predicted octanol–water partition coefficient (Wildman–Crippen LogP) is 2.30. The summed E-state index contributed by atoms with van der Waals surface area (Å²) in [4.78, 5) is 6.01. The molecule has 1 aromatic carbocycles. The number of benzene rings is 1. The third-order valence-corrected chi connectivity index (χ3v) is 4.10. The summed E-state index contributed by atoms with van der Waals surface area (Å²) in [6, 6.07) is 7.96. The lowest BCUT2D eigenvalue weighted by atomic mass is 10.2. The molecule has 0 radical (unpaired) electrons. The van der Waals surface area contributed by atoms with E-state index in [2.05, 4.69) is 10.3 Å². The Balaban J connectivity index is 1.57. The molecule has 1 atom stereocenters. The second-order valence-electron chi connectivity index (χ2n) is 5.79. The highest BCUT2D eigenvalue weighted by atomic mass is 19.4. The molecule has 120 valence electrons. The zero-order valence-corrected chi connectivity index (χ0v) is 12.4. The summed E-state index contributed by atoms with van der Waals surface area (Å²) in [6.07, 6.45) is -3.38. The number of alkyl halides is 3. The fourth-order valence-corrected chi connectivity index (χ4v) is 2.99. The molecule has 1 unspecified atom stereocenters. The molecule has 1 aliphatic rings. The lowest BCUT2D eigenvalue weighted by Gasteiger charge is -2.18. The number of rotatable bonds is 4. The van der Waals surface area contributed by atoms with E-state index in [9.17, 15) is 13.2 Å². The van der Waals surface area contributed by atoms with E-state index >= 15 is 0 Å². The first-order valence-electron chi connectivity index (χ1n) is 7.35. The number of para-hydroxylation sites is 2. The van der Waals surface area contributed by atoms with Gasteiger partial charge in [-0.05, 0) is 18.6 Å². The van der Waals surface area contributed by atoms with Gasteiger partial charge in [0.2, 0.25) is 0 Å². The van der Waals surface area contributed by atoms with Gasteiger partial charge in [-0.15, -0.1) is 0 Å². The van der Waals surface area contributed by atoms with Gasteiger partial charge in [0.15, 0.2) is 0 Å². The van der Waals surface area contributed by atoms with E-state index in [1.165, 1.54) is 4.90 Å².